The topological polar surface area (TPSA) is 69.7 Å². The second-order valence-corrected chi connectivity index (χ2v) is 5.98. The van der Waals surface area contributed by atoms with Gasteiger partial charge >= 0.3 is 11.6 Å². The van der Waals surface area contributed by atoms with E-state index >= 15 is 0 Å². The molecule has 0 aliphatic heterocycles. The second kappa shape index (κ2) is 6.00. The molecule has 0 N–H and O–H groups in total. The molecule has 0 spiro atoms. The van der Waals surface area contributed by atoms with Gasteiger partial charge in [0.1, 0.15) is 11.3 Å². The minimum Gasteiger partial charge on any atom is -0.453 e. The molecule has 0 fully saturated rings. The number of hydrogen-bond donors (Lipinski definition) is 0. The molecule has 24 heavy (non-hydrogen) atoms. The number of benzene rings is 1. The standard InChI is InChI=1S/C19H18O5/c1-10(2)16-17(22-12(4)20)11(3)19(21)24-18(16)15-9-13-7-5-6-8-14(13)23-15/h5-10H,1-4H3. The van der Waals surface area contributed by atoms with E-state index in [4.69, 9.17) is 13.6 Å². The molecule has 124 valence electrons. The van der Waals surface area contributed by atoms with Gasteiger partial charge in [0.15, 0.2) is 11.5 Å². The first-order valence-electron chi connectivity index (χ1n) is 7.73. The van der Waals surface area contributed by atoms with E-state index in [1.807, 2.05) is 44.2 Å². The Labute approximate surface area is 138 Å². The molecule has 0 unspecified atom stereocenters. The van der Waals surface area contributed by atoms with Crippen LogP contribution in [0.2, 0.25) is 0 Å². The minimum absolute atomic E-state index is 0.0365. The number of rotatable bonds is 3. The van der Waals surface area contributed by atoms with Crippen LogP contribution in [0.15, 0.2) is 44.0 Å². The number of carbonyl (C=O) groups excluding carboxylic acids is 1. The van der Waals surface area contributed by atoms with Crippen molar-refractivity contribution in [2.24, 2.45) is 0 Å². The summed E-state index contributed by atoms with van der Waals surface area (Å²) in [5.74, 6) is 0.467. The van der Waals surface area contributed by atoms with E-state index in [2.05, 4.69) is 0 Å². The Morgan fingerprint density at radius 2 is 1.88 bits per heavy atom. The van der Waals surface area contributed by atoms with Crippen molar-refractivity contribution in [3.05, 3.63) is 51.9 Å². The summed E-state index contributed by atoms with van der Waals surface area (Å²) in [5.41, 5.74) is 1.06. The van der Waals surface area contributed by atoms with E-state index in [9.17, 15) is 9.59 Å². The Hall–Kier alpha value is -2.82. The first kappa shape index (κ1) is 16.1. The number of ether oxygens (including phenoxy) is 1. The summed E-state index contributed by atoms with van der Waals surface area (Å²) in [7, 11) is 0. The Balaban J connectivity index is 2.32. The highest BCUT2D eigenvalue weighted by molar-refractivity contribution is 5.83. The second-order valence-electron chi connectivity index (χ2n) is 5.98. The van der Waals surface area contributed by atoms with Crippen molar-refractivity contribution < 1.29 is 18.4 Å². The largest absolute Gasteiger partial charge is 0.453 e. The highest BCUT2D eigenvalue weighted by Crippen LogP contribution is 2.39. The van der Waals surface area contributed by atoms with Gasteiger partial charge in [0.25, 0.3) is 0 Å². The first-order valence-corrected chi connectivity index (χ1v) is 7.73. The van der Waals surface area contributed by atoms with Crippen molar-refractivity contribution in [3.8, 4) is 17.3 Å². The zero-order valence-electron chi connectivity index (χ0n) is 14.0. The highest BCUT2D eigenvalue weighted by Gasteiger charge is 2.25. The Morgan fingerprint density at radius 3 is 2.50 bits per heavy atom. The van der Waals surface area contributed by atoms with E-state index in [1.165, 1.54) is 6.92 Å². The number of para-hydroxylation sites is 1. The van der Waals surface area contributed by atoms with Crippen LogP contribution in [0.5, 0.6) is 5.75 Å². The van der Waals surface area contributed by atoms with Crippen LogP contribution in [-0.2, 0) is 4.79 Å². The average Bonchev–Trinajstić information content (AvgIpc) is 2.94. The number of carbonyl (C=O) groups is 1. The van der Waals surface area contributed by atoms with Gasteiger partial charge in [-0.2, -0.15) is 0 Å². The van der Waals surface area contributed by atoms with Gasteiger partial charge in [0, 0.05) is 17.9 Å². The van der Waals surface area contributed by atoms with E-state index in [1.54, 1.807) is 6.92 Å². The van der Waals surface area contributed by atoms with Crippen molar-refractivity contribution >= 4 is 16.9 Å². The van der Waals surface area contributed by atoms with Crippen molar-refractivity contribution in [2.45, 2.75) is 33.6 Å². The van der Waals surface area contributed by atoms with Crippen LogP contribution < -0.4 is 10.4 Å². The molecule has 0 radical (unpaired) electrons. The third-order valence-corrected chi connectivity index (χ3v) is 3.80. The monoisotopic (exact) mass is 326 g/mol. The summed E-state index contributed by atoms with van der Waals surface area (Å²) in [4.78, 5) is 23.7. The summed E-state index contributed by atoms with van der Waals surface area (Å²) in [5, 5.41) is 0.902. The van der Waals surface area contributed by atoms with E-state index < -0.39 is 11.6 Å². The van der Waals surface area contributed by atoms with Gasteiger partial charge in [-0.3, -0.25) is 4.79 Å². The minimum atomic E-state index is -0.550. The van der Waals surface area contributed by atoms with Crippen LogP contribution in [0.3, 0.4) is 0 Å². The molecule has 5 nitrogen and oxygen atoms in total. The fraction of sp³-hybridized carbons (Fsp3) is 0.263. The van der Waals surface area contributed by atoms with Gasteiger partial charge in [0.05, 0.1) is 5.56 Å². The van der Waals surface area contributed by atoms with Crippen LogP contribution in [0.25, 0.3) is 22.5 Å². The Kier molecular flexibility index (Phi) is 4.01. The van der Waals surface area contributed by atoms with Crippen molar-refractivity contribution in [3.63, 3.8) is 0 Å². The predicted molar refractivity (Wildman–Crippen MR) is 90.3 cm³/mol. The van der Waals surface area contributed by atoms with Gasteiger partial charge < -0.3 is 13.6 Å². The first-order chi connectivity index (χ1) is 11.4. The van der Waals surface area contributed by atoms with Crippen LogP contribution in [0.1, 0.15) is 37.8 Å². The van der Waals surface area contributed by atoms with Crippen LogP contribution in [0.4, 0.5) is 0 Å². The van der Waals surface area contributed by atoms with Gasteiger partial charge in [-0.25, -0.2) is 4.79 Å². The molecule has 0 aliphatic carbocycles. The molecule has 0 atom stereocenters. The smallest absolute Gasteiger partial charge is 0.343 e. The lowest BCUT2D eigenvalue weighted by Crippen LogP contribution is -2.14. The van der Waals surface area contributed by atoms with E-state index in [0.29, 0.717) is 22.7 Å². The molecule has 0 amide bonds. The molecule has 3 rings (SSSR count). The molecule has 0 saturated heterocycles. The number of fused-ring (bicyclic) bond motifs is 1. The Morgan fingerprint density at radius 1 is 1.17 bits per heavy atom. The zero-order valence-corrected chi connectivity index (χ0v) is 14.0. The molecule has 1 aromatic carbocycles. The number of hydrogen-bond acceptors (Lipinski definition) is 5. The molecule has 2 heterocycles. The Bertz CT molecular complexity index is 942. The summed E-state index contributed by atoms with van der Waals surface area (Å²) in [6.45, 7) is 6.76. The number of furan rings is 1. The summed E-state index contributed by atoms with van der Waals surface area (Å²) in [6, 6.07) is 9.34. The van der Waals surface area contributed by atoms with Gasteiger partial charge in [0.2, 0.25) is 0 Å². The molecule has 2 aromatic heterocycles. The molecule has 5 heteroatoms. The maximum absolute atomic E-state index is 12.2. The molecule has 0 aliphatic rings. The van der Waals surface area contributed by atoms with Gasteiger partial charge in [-0.1, -0.05) is 32.0 Å². The van der Waals surface area contributed by atoms with Gasteiger partial charge in [-0.05, 0) is 25.0 Å². The third kappa shape index (κ3) is 2.73. The highest BCUT2D eigenvalue weighted by atomic mass is 16.5. The molecular weight excluding hydrogens is 308 g/mol. The zero-order chi connectivity index (χ0) is 17.4. The lowest BCUT2D eigenvalue weighted by Gasteiger charge is -2.16. The van der Waals surface area contributed by atoms with E-state index in [-0.39, 0.29) is 17.2 Å². The third-order valence-electron chi connectivity index (χ3n) is 3.80. The molecule has 0 saturated carbocycles. The van der Waals surface area contributed by atoms with Crippen LogP contribution >= 0.6 is 0 Å². The molecular formula is C19H18O5. The molecule has 3 aromatic rings. The van der Waals surface area contributed by atoms with Crippen molar-refractivity contribution in [1.29, 1.82) is 0 Å². The summed E-state index contributed by atoms with van der Waals surface area (Å²) in [6.07, 6.45) is 0. The fourth-order valence-corrected chi connectivity index (χ4v) is 2.70. The summed E-state index contributed by atoms with van der Waals surface area (Å²) < 4.78 is 16.6. The van der Waals surface area contributed by atoms with E-state index in [0.717, 1.165) is 5.39 Å². The maximum Gasteiger partial charge on any atom is 0.343 e. The number of esters is 1. The van der Waals surface area contributed by atoms with Gasteiger partial charge in [-0.15, -0.1) is 0 Å². The van der Waals surface area contributed by atoms with Crippen molar-refractivity contribution in [1.82, 2.24) is 0 Å². The van der Waals surface area contributed by atoms with Crippen molar-refractivity contribution in [2.75, 3.05) is 0 Å². The van der Waals surface area contributed by atoms with Crippen LogP contribution in [0, 0.1) is 6.92 Å². The predicted octanol–water partition coefficient (Wildman–Crippen LogP) is 4.41. The maximum atomic E-state index is 12.2. The normalized spacial score (nSPS) is 11.2. The lowest BCUT2D eigenvalue weighted by atomic mass is 9.98. The van der Waals surface area contributed by atoms with Crippen LogP contribution in [-0.4, -0.2) is 5.97 Å². The summed E-state index contributed by atoms with van der Waals surface area (Å²) >= 11 is 0. The fourth-order valence-electron chi connectivity index (χ4n) is 2.70. The lowest BCUT2D eigenvalue weighted by molar-refractivity contribution is -0.132. The molecule has 0 bridgehead atoms. The average molecular weight is 326 g/mol. The quantitative estimate of drug-likeness (QED) is 0.667. The SMILES string of the molecule is CC(=O)Oc1c(C(C)C)c(-c2cc3ccccc3o2)oc(=O)c1C.